The fraction of sp³-hybridized carbons (Fsp3) is 0.471. The smallest absolute Gasteiger partial charge is 0.346 e. The molecule has 7 heteroatoms. The number of hydrogen-bond acceptors (Lipinski definition) is 4. The summed E-state index contributed by atoms with van der Waals surface area (Å²) in [5, 5.41) is 7.17. The van der Waals surface area contributed by atoms with Gasteiger partial charge < -0.3 is 10.1 Å². The van der Waals surface area contributed by atoms with Gasteiger partial charge in [0.15, 0.2) is 0 Å². The Kier molecular flexibility index (Phi) is 5.10. The highest BCUT2D eigenvalue weighted by Crippen LogP contribution is 2.06. The summed E-state index contributed by atoms with van der Waals surface area (Å²) >= 11 is 0. The van der Waals surface area contributed by atoms with Crippen molar-refractivity contribution in [2.45, 2.75) is 38.9 Å². The molecule has 1 amide bonds. The molecule has 2 aromatic rings. The van der Waals surface area contributed by atoms with E-state index in [0.29, 0.717) is 25.6 Å². The van der Waals surface area contributed by atoms with Gasteiger partial charge in [-0.25, -0.2) is 9.48 Å². The molecule has 24 heavy (non-hydrogen) atoms. The molecule has 1 N–H and O–H groups in total. The van der Waals surface area contributed by atoms with Crippen molar-refractivity contribution in [1.82, 2.24) is 19.7 Å². The summed E-state index contributed by atoms with van der Waals surface area (Å²) in [6, 6.07) is 9.84. The average Bonchev–Trinajstić information content (AvgIpc) is 2.84. The molecule has 0 saturated carbocycles. The van der Waals surface area contributed by atoms with Gasteiger partial charge in [0.1, 0.15) is 12.4 Å². The van der Waals surface area contributed by atoms with Gasteiger partial charge in [-0.2, -0.15) is 5.10 Å². The number of aromatic nitrogens is 3. The van der Waals surface area contributed by atoms with Gasteiger partial charge >= 0.3 is 5.69 Å². The van der Waals surface area contributed by atoms with Gasteiger partial charge in [-0.3, -0.25) is 9.36 Å². The number of carbonyl (C=O) groups is 1. The zero-order valence-electron chi connectivity index (χ0n) is 13.8. The third-order valence-electron chi connectivity index (χ3n) is 4.17. The summed E-state index contributed by atoms with van der Waals surface area (Å²) < 4.78 is 8.08. The van der Waals surface area contributed by atoms with Gasteiger partial charge in [0.25, 0.3) is 0 Å². The second-order valence-corrected chi connectivity index (χ2v) is 6.01. The molecule has 1 aliphatic rings. The van der Waals surface area contributed by atoms with E-state index >= 15 is 0 Å². The first-order chi connectivity index (χ1) is 11.6. The Morgan fingerprint density at radius 2 is 2.00 bits per heavy atom. The minimum atomic E-state index is -0.265. The maximum absolute atomic E-state index is 12.5. The molecule has 0 radical (unpaired) electrons. The van der Waals surface area contributed by atoms with Crippen LogP contribution >= 0.6 is 0 Å². The van der Waals surface area contributed by atoms with Crippen molar-refractivity contribution in [2.75, 3.05) is 13.2 Å². The van der Waals surface area contributed by atoms with Crippen LogP contribution in [-0.2, 0) is 22.6 Å². The first-order valence-electron chi connectivity index (χ1n) is 8.19. The zero-order valence-corrected chi connectivity index (χ0v) is 13.8. The lowest BCUT2D eigenvalue weighted by atomic mass is 10.1. The molecule has 3 rings (SSSR count). The zero-order chi connectivity index (χ0) is 16.9. The number of benzene rings is 1. The molecule has 1 aromatic heterocycles. The highest BCUT2D eigenvalue weighted by atomic mass is 16.5. The summed E-state index contributed by atoms with van der Waals surface area (Å²) in [7, 11) is 0. The van der Waals surface area contributed by atoms with Crippen molar-refractivity contribution in [3.63, 3.8) is 0 Å². The van der Waals surface area contributed by atoms with E-state index in [4.69, 9.17) is 4.74 Å². The summed E-state index contributed by atoms with van der Waals surface area (Å²) in [6.07, 6.45) is 1.62. The van der Waals surface area contributed by atoms with E-state index in [1.807, 2.05) is 30.3 Å². The number of aryl methyl sites for hydroxylation is 1. The molecule has 0 unspecified atom stereocenters. The van der Waals surface area contributed by atoms with Gasteiger partial charge in [-0.1, -0.05) is 30.3 Å². The lowest BCUT2D eigenvalue weighted by Crippen LogP contribution is -2.42. The highest BCUT2D eigenvalue weighted by Gasteiger charge is 2.18. The van der Waals surface area contributed by atoms with Crippen LogP contribution in [0.5, 0.6) is 0 Å². The number of ether oxygens (including phenoxy) is 1. The second-order valence-electron chi connectivity index (χ2n) is 6.01. The standard InChI is InChI=1S/C17H22N4O3/c1-13-19-21(12-16(22)18-15-7-9-24-10-8-15)17(23)20(13)11-14-5-3-2-4-6-14/h2-6,15H,7-12H2,1H3,(H,18,22). The maximum Gasteiger partial charge on any atom is 0.346 e. The molecule has 128 valence electrons. The Balaban J connectivity index is 1.67. The van der Waals surface area contributed by atoms with Gasteiger partial charge in [0.2, 0.25) is 5.91 Å². The summed E-state index contributed by atoms with van der Waals surface area (Å²) in [5.41, 5.74) is 0.757. The van der Waals surface area contributed by atoms with E-state index in [2.05, 4.69) is 10.4 Å². The Bertz CT molecular complexity index is 745. The first-order valence-corrected chi connectivity index (χ1v) is 8.19. The van der Waals surface area contributed by atoms with Crippen LogP contribution in [0, 0.1) is 6.92 Å². The predicted octanol–water partition coefficient (Wildman–Crippen LogP) is 0.697. The number of rotatable bonds is 5. The molecular weight excluding hydrogens is 308 g/mol. The molecule has 0 aliphatic carbocycles. The van der Waals surface area contributed by atoms with Crippen LogP contribution in [0.3, 0.4) is 0 Å². The Morgan fingerprint density at radius 1 is 1.29 bits per heavy atom. The lowest BCUT2D eigenvalue weighted by Gasteiger charge is -2.22. The van der Waals surface area contributed by atoms with Crippen molar-refractivity contribution < 1.29 is 9.53 Å². The number of nitrogens with one attached hydrogen (secondary N) is 1. The SMILES string of the molecule is Cc1nn(CC(=O)NC2CCOCC2)c(=O)n1Cc1ccccc1. The average molecular weight is 330 g/mol. The van der Waals surface area contributed by atoms with E-state index in [-0.39, 0.29) is 24.2 Å². The first kappa shape index (κ1) is 16.4. The Hall–Kier alpha value is -2.41. The van der Waals surface area contributed by atoms with Gasteiger partial charge in [0.05, 0.1) is 6.54 Å². The van der Waals surface area contributed by atoms with Crippen molar-refractivity contribution in [2.24, 2.45) is 0 Å². The third-order valence-corrected chi connectivity index (χ3v) is 4.17. The second kappa shape index (κ2) is 7.44. The summed E-state index contributed by atoms with van der Waals surface area (Å²) in [5.74, 6) is 0.413. The largest absolute Gasteiger partial charge is 0.381 e. The Labute approximate surface area is 140 Å². The molecule has 0 bridgehead atoms. The molecule has 1 saturated heterocycles. The summed E-state index contributed by atoms with van der Waals surface area (Å²) in [4.78, 5) is 24.6. The van der Waals surface area contributed by atoms with Crippen LogP contribution in [0.25, 0.3) is 0 Å². The number of carbonyl (C=O) groups excluding carboxylic acids is 1. The minimum absolute atomic E-state index is 0.0567. The number of amides is 1. The molecule has 1 aliphatic heterocycles. The van der Waals surface area contributed by atoms with Crippen molar-refractivity contribution in [3.05, 3.63) is 52.2 Å². The predicted molar refractivity (Wildman–Crippen MR) is 88.8 cm³/mol. The van der Waals surface area contributed by atoms with E-state index in [1.165, 1.54) is 4.68 Å². The molecule has 0 atom stereocenters. The molecule has 1 fully saturated rings. The molecule has 0 spiro atoms. The normalized spacial score (nSPS) is 15.4. The van der Waals surface area contributed by atoms with Crippen LogP contribution in [0.15, 0.2) is 35.1 Å². The van der Waals surface area contributed by atoms with Gasteiger partial charge in [0, 0.05) is 19.3 Å². The van der Waals surface area contributed by atoms with Crippen molar-refractivity contribution in [1.29, 1.82) is 0 Å². The monoisotopic (exact) mass is 330 g/mol. The van der Waals surface area contributed by atoms with E-state index < -0.39 is 0 Å². The van der Waals surface area contributed by atoms with E-state index in [0.717, 1.165) is 18.4 Å². The number of hydrogen-bond donors (Lipinski definition) is 1. The maximum atomic E-state index is 12.5. The fourth-order valence-electron chi connectivity index (χ4n) is 2.85. The topological polar surface area (TPSA) is 78.2 Å². The van der Waals surface area contributed by atoms with Crippen LogP contribution in [0.1, 0.15) is 24.2 Å². The third kappa shape index (κ3) is 3.91. The Morgan fingerprint density at radius 3 is 2.71 bits per heavy atom. The fourth-order valence-corrected chi connectivity index (χ4v) is 2.85. The van der Waals surface area contributed by atoms with Gasteiger partial charge in [-0.15, -0.1) is 0 Å². The van der Waals surface area contributed by atoms with Gasteiger partial charge in [-0.05, 0) is 25.3 Å². The minimum Gasteiger partial charge on any atom is -0.381 e. The molecule has 7 nitrogen and oxygen atoms in total. The van der Waals surface area contributed by atoms with Crippen LogP contribution in [0.4, 0.5) is 0 Å². The summed E-state index contributed by atoms with van der Waals surface area (Å²) in [6.45, 7) is 3.49. The quantitative estimate of drug-likeness (QED) is 0.875. The highest BCUT2D eigenvalue weighted by molar-refractivity contribution is 5.75. The van der Waals surface area contributed by atoms with Crippen LogP contribution in [0.2, 0.25) is 0 Å². The molecule has 1 aromatic carbocycles. The molecular formula is C17H22N4O3. The van der Waals surface area contributed by atoms with Crippen LogP contribution < -0.4 is 11.0 Å². The lowest BCUT2D eigenvalue weighted by molar-refractivity contribution is -0.123. The van der Waals surface area contributed by atoms with Crippen molar-refractivity contribution in [3.8, 4) is 0 Å². The van der Waals surface area contributed by atoms with E-state index in [9.17, 15) is 9.59 Å². The van der Waals surface area contributed by atoms with Crippen molar-refractivity contribution >= 4 is 5.91 Å². The molecule has 2 heterocycles. The van der Waals surface area contributed by atoms with E-state index in [1.54, 1.807) is 11.5 Å². The van der Waals surface area contributed by atoms with Crippen LogP contribution in [-0.4, -0.2) is 39.5 Å². The number of nitrogens with zero attached hydrogens (tertiary/aromatic N) is 3.